The van der Waals surface area contributed by atoms with E-state index in [1.807, 2.05) is 0 Å². The summed E-state index contributed by atoms with van der Waals surface area (Å²) in [5.74, 6) is 0.414. The van der Waals surface area contributed by atoms with Crippen LogP contribution in [-0.4, -0.2) is 14.5 Å². The SMILES string of the molecule is C[C@H]1[C@@H](NS(=O)(=O)c2ccc(F)cc2)CCC[C@@H]1C. The van der Waals surface area contributed by atoms with E-state index in [-0.39, 0.29) is 10.9 Å². The predicted molar refractivity (Wildman–Crippen MR) is 72.7 cm³/mol. The third kappa shape index (κ3) is 3.34. The van der Waals surface area contributed by atoms with Crippen LogP contribution in [0.3, 0.4) is 0 Å². The minimum Gasteiger partial charge on any atom is -0.208 e. The van der Waals surface area contributed by atoms with E-state index >= 15 is 0 Å². The van der Waals surface area contributed by atoms with Gasteiger partial charge in [0, 0.05) is 6.04 Å². The molecule has 1 saturated carbocycles. The van der Waals surface area contributed by atoms with Gasteiger partial charge in [0.2, 0.25) is 10.0 Å². The summed E-state index contributed by atoms with van der Waals surface area (Å²) >= 11 is 0. The van der Waals surface area contributed by atoms with Crippen molar-refractivity contribution in [2.75, 3.05) is 0 Å². The molecular weight excluding hydrogens is 265 g/mol. The second-order valence-electron chi connectivity index (χ2n) is 5.45. The first kappa shape index (κ1) is 14.5. The maximum absolute atomic E-state index is 12.8. The Hall–Kier alpha value is -0.940. The summed E-state index contributed by atoms with van der Waals surface area (Å²) in [5.41, 5.74) is 0. The highest BCUT2D eigenvalue weighted by Gasteiger charge is 2.30. The van der Waals surface area contributed by atoms with Gasteiger partial charge < -0.3 is 0 Å². The zero-order chi connectivity index (χ0) is 14.0. The number of hydrogen-bond acceptors (Lipinski definition) is 2. The Kier molecular flexibility index (Phi) is 4.26. The molecule has 0 radical (unpaired) electrons. The summed E-state index contributed by atoms with van der Waals surface area (Å²) < 4.78 is 40.1. The topological polar surface area (TPSA) is 46.2 Å². The van der Waals surface area contributed by atoms with E-state index in [1.54, 1.807) is 0 Å². The molecule has 0 bridgehead atoms. The van der Waals surface area contributed by atoms with Gasteiger partial charge in [-0.15, -0.1) is 0 Å². The van der Waals surface area contributed by atoms with Gasteiger partial charge in [-0.3, -0.25) is 0 Å². The molecule has 0 heterocycles. The van der Waals surface area contributed by atoms with Crippen molar-refractivity contribution < 1.29 is 12.8 Å². The second kappa shape index (κ2) is 5.59. The molecule has 0 unspecified atom stereocenters. The Morgan fingerprint density at radius 2 is 1.79 bits per heavy atom. The molecule has 5 heteroatoms. The number of halogens is 1. The van der Waals surface area contributed by atoms with E-state index in [2.05, 4.69) is 18.6 Å². The number of hydrogen-bond donors (Lipinski definition) is 1. The summed E-state index contributed by atoms with van der Waals surface area (Å²) in [6, 6.07) is 4.91. The van der Waals surface area contributed by atoms with Gasteiger partial charge in [-0.25, -0.2) is 17.5 Å². The molecule has 3 nitrogen and oxygen atoms in total. The van der Waals surface area contributed by atoms with Crippen molar-refractivity contribution in [3.8, 4) is 0 Å². The van der Waals surface area contributed by atoms with Crippen molar-refractivity contribution in [2.24, 2.45) is 11.8 Å². The van der Waals surface area contributed by atoms with E-state index in [4.69, 9.17) is 0 Å². The standard InChI is InChI=1S/C14H20FNO2S/c1-10-4-3-5-14(11(10)2)16-19(17,18)13-8-6-12(15)7-9-13/h6-11,14,16H,3-5H2,1-2H3/t10-,11+,14-/m0/s1. The van der Waals surface area contributed by atoms with Gasteiger partial charge in [0.15, 0.2) is 0 Å². The Morgan fingerprint density at radius 3 is 2.42 bits per heavy atom. The molecular formula is C14H20FNO2S. The molecule has 0 aromatic heterocycles. The van der Waals surface area contributed by atoms with E-state index in [0.717, 1.165) is 19.3 Å². The number of nitrogens with one attached hydrogen (secondary N) is 1. The number of rotatable bonds is 3. The average Bonchev–Trinajstić information content (AvgIpc) is 2.35. The Bertz CT molecular complexity index is 527. The molecule has 1 aliphatic carbocycles. The zero-order valence-electron chi connectivity index (χ0n) is 11.3. The van der Waals surface area contributed by atoms with Crippen LogP contribution in [0.5, 0.6) is 0 Å². The number of sulfonamides is 1. The molecule has 1 N–H and O–H groups in total. The maximum atomic E-state index is 12.8. The molecule has 1 aromatic carbocycles. The second-order valence-corrected chi connectivity index (χ2v) is 7.16. The monoisotopic (exact) mass is 285 g/mol. The molecule has 0 saturated heterocycles. The smallest absolute Gasteiger partial charge is 0.208 e. The van der Waals surface area contributed by atoms with Crippen molar-refractivity contribution in [3.05, 3.63) is 30.1 Å². The van der Waals surface area contributed by atoms with Crippen molar-refractivity contribution >= 4 is 10.0 Å². The highest BCUT2D eigenvalue weighted by Crippen LogP contribution is 2.30. The fourth-order valence-electron chi connectivity index (χ4n) is 2.63. The zero-order valence-corrected chi connectivity index (χ0v) is 12.1. The lowest BCUT2D eigenvalue weighted by molar-refractivity contribution is 0.227. The highest BCUT2D eigenvalue weighted by atomic mass is 32.2. The van der Waals surface area contributed by atoms with Crippen LogP contribution in [-0.2, 0) is 10.0 Å². The lowest BCUT2D eigenvalue weighted by Crippen LogP contribution is -2.43. The van der Waals surface area contributed by atoms with E-state index in [1.165, 1.54) is 24.3 Å². The Morgan fingerprint density at radius 1 is 1.16 bits per heavy atom. The molecule has 1 aliphatic rings. The maximum Gasteiger partial charge on any atom is 0.240 e. The Labute approximate surface area is 114 Å². The van der Waals surface area contributed by atoms with Crippen LogP contribution in [0.2, 0.25) is 0 Å². The van der Waals surface area contributed by atoms with Crippen LogP contribution in [0.25, 0.3) is 0 Å². The first-order valence-corrected chi connectivity index (χ1v) is 8.16. The van der Waals surface area contributed by atoms with E-state index in [0.29, 0.717) is 11.8 Å². The molecule has 106 valence electrons. The largest absolute Gasteiger partial charge is 0.240 e. The van der Waals surface area contributed by atoms with Gasteiger partial charge in [-0.05, 0) is 42.5 Å². The molecule has 0 aliphatic heterocycles. The summed E-state index contributed by atoms with van der Waals surface area (Å²) in [6.07, 6.45) is 3.06. The molecule has 2 rings (SSSR count). The lowest BCUT2D eigenvalue weighted by Gasteiger charge is -2.34. The van der Waals surface area contributed by atoms with E-state index < -0.39 is 15.8 Å². The first-order chi connectivity index (χ1) is 8.90. The minimum atomic E-state index is -3.55. The molecule has 0 amide bonds. The fourth-order valence-corrected chi connectivity index (χ4v) is 3.99. The third-order valence-corrected chi connectivity index (χ3v) is 5.64. The lowest BCUT2D eigenvalue weighted by atomic mass is 9.78. The van der Waals surface area contributed by atoms with Gasteiger partial charge in [-0.1, -0.05) is 26.7 Å². The normalized spacial score (nSPS) is 28.3. The van der Waals surface area contributed by atoms with Gasteiger partial charge in [0.25, 0.3) is 0 Å². The van der Waals surface area contributed by atoms with Crippen LogP contribution in [0, 0.1) is 17.7 Å². The summed E-state index contributed by atoms with van der Waals surface area (Å²) in [6.45, 7) is 4.24. The van der Waals surface area contributed by atoms with Crippen LogP contribution in [0.1, 0.15) is 33.1 Å². The van der Waals surface area contributed by atoms with Crippen molar-refractivity contribution in [1.29, 1.82) is 0 Å². The van der Waals surface area contributed by atoms with Gasteiger partial charge in [-0.2, -0.15) is 0 Å². The van der Waals surface area contributed by atoms with E-state index in [9.17, 15) is 12.8 Å². The predicted octanol–water partition coefficient (Wildman–Crippen LogP) is 2.93. The summed E-state index contributed by atoms with van der Waals surface area (Å²) in [5, 5.41) is 0. The molecule has 0 spiro atoms. The van der Waals surface area contributed by atoms with Crippen molar-refractivity contribution in [3.63, 3.8) is 0 Å². The average molecular weight is 285 g/mol. The van der Waals surface area contributed by atoms with Crippen LogP contribution in [0.15, 0.2) is 29.2 Å². The molecule has 1 aromatic rings. The minimum absolute atomic E-state index is 0.0289. The van der Waals surface area contributed by atoms with Gasteiger partial charge >= 0.3 is 0 Å². The first-order valence-electron chi connectivity index (χ1n) is 6.68. The van der Waals surface area contributed by atoms with Crippen LogP contribution < -0.4 is 4.72 Å². The molecule has 1 fully saturated rings. The molecule has 19 heavy (non-hydrogen) atoms. The number of benzene rings is 1. The molecule has 3 atom stereocenters. The van der Waals surface area contributed by atoms with Crippen LogP contribution in [0.4, 0.5) is 4.39 Å². The summed E-state index contributed by atoms with van der Waals surface area (Å²) in [4.78, 5) is 0.124. The quantitative estimate of drug-likeness (QED) is 0.928. The van der Waals surface area contributed by atoms with Crippen molar-refractivity contribution in [2.45, 2.75) is 44.0 Å². The van der Waals surface area contributed by atoms with Crippen molar-refractivity contribution in [1.82, 2.24) is 4.72 Å². The third-order valence-electron chi connectivity index (χ3n) is 4.14. The summed E-state index contributed by atoms with van der Waals surface area (Å²) in [7, 11) is -3.55. The van der Waals surface area contributed by atoms with Gasteiger partial charge in [0.05, 0.1) is 4.90 Å². The van der Waals surface area contributed by atoms with Gasteiger partial charge in [0.1, 0.15) is 5.82 Å². The fraction of sp³-hybridized carbons (Fsp3) is 0.571. The highest BCUT2D eigenvalue weighted by molar-refractivity contribution is 7.89. The van der Waals surface area contributed by atoms with Crippen LogP contribution >= 0.6 is 0 Å². The Balaban J connectivity index is 2.15.